The summed E-state index contributed by atoms with van der Waals surface area (Å²) < 4.78 is 4.06. The Kier molecular flexibility index (Phi) is 3.25. The number of para-hydroxylation sites is 1. The number of aromatic carboxylic acids is 1. The van der Waals surface area contributed by atoms with Gasteiger partial charge in [0.05, 0.1) is 24.1 Å². The molecule has 0 saturated carbocycles. The predicted octanol–water partition coefficient (Wildman–Crippen LogP) is 3.17. The lowest BCUT2D eigenvalue weighted by molar-refractivity contribution is 0.0699. The summed E-state index contributed by atoms with van der Waals surface area (Å²) >= 11 is 0. The van der Waals surface area contributed by atoms with Gasteiger partial charge in [0.25, 0.3) is 0 Å². The van der Waals surface area contributed by atoms with Crippen LogP contribution in [0, 0.1) is 0 Å². The van der Waals surface area contributed by atoms with Crippen molar-refractivity contribution in [2.24, 2.45) is 0 Å². The number of fused-ring (bicyclic) bond motifs is 1. The standard InChI is InChI=1S/C16H17N3O2/c1-11(2)19-10-17-7-12(19)8-18-9-14(16(20)21)13-5-3-4-6-15(13)18/h3-7,9-11H,8H2,1-2H3,(H,20,21). The van der Waals surface area contributed by atoms with Gasteiger partial charge >= 0.3 is 5.97 Å². The van der Waals surface area contributed by atoms with Crippen LogP contribution in [0.15, 0.2) is 43.0 Å². The summed E-state index contributed by atoms with van der Waals surface area (Å²) in [5.74, 6) is -0.901. The van der Waals surface area contributed by atoms with Gasteiger partial charge in [-0.05, 0) is 19.9 Å². The number of hydrogen-bond donors (Lipinski definition) is 1. The van der Waals surface area contributed by atoms with Gasteiger partial charge in [0.2, 0.25) is 0 Å². The third kappa shape index (κ3) is 2.31. The zero-order chi connectivity index (χ0) is 15.0. The van der Waals surface area contributed by atoms with E-state index in [2.05, 4.69) is 23.4 Å². The van der Waals surface area contributed by atoms with E-state index in [0.717, 1.165) is 16.6 Å². The van der Waals surface area contributed by atoms with Crippen LogP contribution < -0.4 is 0 Å². The fraction of sp³-hybridized carbons (Fsp3) is 0.250. The first-order valence-electron chi connectivity index (χ1n) is 6.90. The van der Waals surface area contributed by atoms with Gasteiger partial charge in [-0.2, -0.15) is 0 Å². The fourth-order valence-corrected chi connectivity index (χ4v) is 2.64. The highest BCUT2D eigenvalue weighted by molar-refractivity contribution is 6.03. The molecule has 0 aliphatic rings. The fourth-order valence-electron chi connectivity index (χ4n) is 2.64. The number of nitrogens with zero attached hydrogens (tertiary/aromatic N) is 3. The first-order valence-corrected chi connectivity index (χ1v) is 6.90. The van der Waals surface area contributed by atoms with Gasteiger partial charge in [0.15, 0.2) is 0 Å². The molecule has 0 bridgehead atoms. The Labute approximate surface area is 122 Å². The van der Waals surface area contributed by atoms with E-state index in [0.29, 0.717) is 18.2 Å². The lowest BCUT2D eigenvalue weighted by atomic mass is 10.2. The van der Waals surface area contributed by atoms with E-state index in [9.17, 15) is 9.90 Å². The molecule has 3 aromatic rings. The Bertz CT molecular complexity index is 799. The molecule has 0 unspecified atom stereocenters. The monoisotopic (exact) mass is 283 g/mol. The quantitative estimate of drug-likeness (QED) is 0.800. The van der Waals surface area contributed by atoms with Crippen LogP contribution in [0.1, 0.15) is 35.9 Å². The second-order valence-corrected chi connectivity index (χ2v) is 5.38. The third-order valence-corrected chi connectivity index (χ3v) is 3.65. The van der Waals surface area contributed by atoms with Crippen molar-refractivity contribution in [1.29, 1.82) is 0 Å². The first kappa shape index (κ1) is 13.4. The highest BCUT2D eigenvalue weighted by Gasteiger charge is 2.15. The molecule has 0 spiro atoms. The second-order valence-electron chi connectivity index (χ2n) is 5.38. The van der Waals surface area contributed by atoms with E-state index in [1.807, 2.05) is 41.4 Å². The average Bonchev–Trinajstić information content (AvgIpc) is 3.04. The molecule has 5 heteroatoms. The van der Waals surface area contributed by atoms with Gasteiger partial charge in [-0.25, -0.2) is 9.78 Å². The molecule has 0 radical (unpaired) electrons. The lowest BCUT2D eigenvalue weighted by Crippen LogP contribution is -2.08. The molecule has 0 amide bonds. The topological polar surface area (TPSA) is 60.0 Å². The molecule has 2 aromatic heterocycles. The number of carboxylic acids is 1. The minimum atomic E-state index is -0.901. The molecule has 1 aromatic carbocycles. The molecular formula is C16H17N3O2. The molecule has 0 aliphatic heterocycles. The molecule has 0 atom stereocenters. The van der Waals surface area contributed by atoms with Gasteiger partial charge in [0.1, 0.15) is 0 Å². The summed E-state index contributed by atoms with van der Waals surface area (Å²) in [5.41, 5.74) is 2.32. The van der Waals surface area contributed by atoms with Crippen molar-refractivity contribution in [1.82, 2.24) is 14.1 Å². The number of carboxylic acid groups (broad SMARTS) is 1. The number of hydrogen-bond acceptors (Lipinski definition) is 2. The number of imidazole rings is 1. The van der Waals surface area contributed by atoms with E-state index in [4.69, 9.17) is 0 Å². The van der Waals surface area contributed by atoms with Crippen molar-refractivity contribution >= 4 is 16.9 Å². The highest BCUT2D eigenvalue weighted by atomic mass is 16.4. The molecule has 2 heterocycles. The molecular weight excluding hydrogens is 266 g/mol. The molecule has 0 aliphatic carbocycles. The Balaban J connectivity index is 2.09. The molecule has 0 fully saturated rings. The minimum absolute atomic E-state index is 0.322. The Morgan fingerprint density at radius 3 is 2.81 bits per heavy atom. The molecule has 3 rings (SSSR count). The lowest BCUT2D eigenvalue weighted by Gasteiger charge is -2.12. The maximum atomic E-state index is 11.4. The number of benzene rings is 1. The van der Waals surface area contributed by atoms with Crippen LogP contribution in [-0.2, 0) is 6.54 Å². The van der Waals surface area contributed by atoms with Gasteiger partial charge in [0, 0.05) is 29.3 Å². The van der Waals surface area contributed by atoms with Crippen molar-refractivity contribution in [3.63, 3.8) is 0 Å². The van der Waals surface area contributed by atoms with Gasteiger partial charge < -0.3 is 14.2 Å². The molecule has 21 heavy (non-hydrogen) atoms. The van der Waals surface area contributed by atoms with E-state index in [1.165, 1.54) is 0 Å². The third-order valence-electron chi connectivity index (χ3n) is 3.65. The molecule has 108 valence electrons. The summed E-state index contributed by atoms with van der Waals surface area (Å²) in [5, 5.41) is 10.1. The molecule has 5 nitrogen and oxygen atoms in total. The summed E-state index contributed by atoms with van der Waals surface area (Å²) in [6.45, 7) is 4.80. The van der Waals surface area contributed by atoms with E-state index >= 15 is 0 Å². The van der Waals surface area contributed by atoms with E-state index < -0.39 is 5.97 Å². The normalized spacial score (nSPS) is 11.4. The van der Waals surface area contributed by atoms with E-state index in [1.54, 1.807) is 6.20 Å². The number of rotatable bonds is 4. The molecule has 1 N–H and O–H groups in total. The highest BCUT2D eigenvalue weighted by Crippen LogP contribution is 2.23. The Morgan fingerprint density at radius 1 is 1.33 bits per heavy atom. The Morgan fingerprint density at radius 2 is 2.10 bits per heavy atom. The van der Waals surface area contributed by atoms with Crippen molar-refractivity contribution in [2.75, 3.05) is 0 Å². The zero-order valence-corrected chi connectivity index (χ0v) is 12.0. The van der Waals surface area contributed by atoms with Crippen molar-refractivity contribution in [3.8, 4) is 0 Å². The second kappa shape index (κ2) is 5.09. The van der Waals surface area contributed by atoms with Gasteiger partial charge in [-0.3, -0.25) is 0 Å². The maximum absolute atomic E-state index is 11.4. The van der Waals surface area contributed by atoms with Crippen LogP contribution in [0.3, 0.4) is 0 Å². The van der Waals surface area contributed by atoms with E-state index in [-0.39, 0.29) is 0 Å². The number of aromatic nitrogens is 3. The SMILES string of the molecule is CC(C)n1cncc1Cn1cc(C(=O)O)c2ccccc21. The zero-order valence-electron chi connectivity index (χ0n) is 12.0. The van der Waals surface area contributed by atoms with Crippen LogP contribution >= 0.6 is 0 Å². The first-order chi connectivity index (χ1) is 10.1. The smallest absolute Gasteiger partial charge is 0.337 e. The van der Waals surface area contributed by atoms with Crippen LogP contribution in [0.4, 0.5) is 0 Å². The predicted molar refractivity (Wildman–Crippen MR) is 80.6 cm³/mol. The van der Waals surface area contributed by atoms with Crippen molar-refractivity contribution in [2.45, 2.75) is 26.4 Å². The van der Waals surface area contributed by atoms with Crippen LogP contribution in [-0.4, -0.2) is 25.2 Å². The van der Waals surface area contributed by atoms with Crippen molar-refractivity contribution < 1.29 is 9.90 Å². The summed E-state index contributed by atoms with van der Waals surface area (Å²) in [7, 11) is 0. The molecule has 0 saturated heterocycles. The van der Waals surface area contributed by atoms with Crippen LogP contribution in [0.25, 0.3) is 10.9 Å². The van der Waals surface area contributed by atoms with Gasteiger partial charge in [-0.1, -0.05) is 18.2 Å². The summed E-state index contributed by atoms with van der Waals surface area (Å²) in [4.78, 5) is 15.6. The minimum Gasteiger partial charge on any atom is -0.478 e. The van der Waals surface area contributed by atoms with Gasteiger partial charge in [-0.15, -0.1) is 0 Å². The Hall–Kier alpha value is -2.56. The summed E-state index contributed by atoms with van der Waals surface area (Å²) in [6, 6.07) is 7.89. The maximum Gasteiger partial charge on any atom is 0.337 e. The average molecular weight is 283 g/mol. The van der Waals surface area contributed by atoms with Crippen LogP contribution in [0.5, 0.6) is 0 Å². The summed E-state index contributed by atoms with van der Waals surface area (Å²) in [6.07, 6.45) is 5.34. The van der Waals surface area contributed by atoms with Crippen molar-refractivity contribution in [3.05, 3.63) is 54.2 Å². The largest absolute Gasteiger partial charge is 0.478 e. The van der Waals surface area contributed by atoms with Crippen LogP contribution in [0.2, 0.25) is 0 Å². The number of carbonyl (C=O) groups is 1.